The third kappa shape index (κ3) is 3.70. The van der Waals surface area contributed by atoms with Gasteiger partial charge in [-0.3, -0.25) is 4.90 Å². The quantitative estimate of drug-likeness (QED) is 0.493. The molecule has 6 nitrogen and oxygen atoms in total. The highest BCUT2D eigenvalue weighted by Crippen LogP contribution is 2.33. The van der Waals surface area contributed by atoms with Crippen molar-refractivity contribution in [3.05, 3.63) is 77.6 Å². The number of aryl methyl sites for hydroxylation is 1. The minimum absolute atomic E-state index is 0.229. The number of aromatic nitrogens is 3. The molecule has 0 aliphatic carbocycles. The van der Waals surface area contributed by atoms with Crippen LogP contribution in [0.4, 0.5) is 4.39 Å². The first-order valence-corrected chi connectivity index (χ1v) is 8.88. The zero-order valence-corrected chi connectivity index (χ0v) is 15.6. The average molecular weight is 378 g/mol. The fraction of sp³-hybridized carbons (Fsp3) is 0.190. The van der Waals surface area contributed by atoms with Crippen molar-refractivity contribution >= 4 is 0 Å². The van der Waals surface area contributed by atoms with Crippen LogP contribution in [0.5, 0.6) is 0 Å². The lowest BCUT2D eigenvalue weighted by Crippen LogP contribution is -2.18. The number of halogens is 1. The van der Waals surface area contributed by atoms with E-state index in [1.54, 1.807) is 12.1 Å². The average Bonchev–Trinajstić information content (AvgIpc) is 3.30. The van der Waals surface area contributed by atoms with E-state index in [0.717, 1.165) is 5.56 Å². The summed E-state index contributed by atoms with van der Waals surface area (Å²) in [5.74, 6) is 1.17. The molecule has 0 radical (unpaired) electrons. The standard InChI is InChI=1S/C21H19FN4O2/c1-14-19(20(25-28-14)15-8-4-3-5-9-15)21-24-23-18(27-21)13-26(2)12-16-10-6-7-11-17(16)22/h3-11H,12-13H2,1-2H3. The Bertz CT molecular complexity index is 1070. The smallest absolute Gasteiger partial charge is 0.253 e. The molecule has 2 aromatic carbocycles. The fourth-order valence-corrected chi connectivity index (χ4v) is 3.04. The van der Waals surface area contributed by atoms with Crippen LogP contribution < -0.4 is 0 Å². The summed E-state index contributed by atoms with van der Waals surface area (Å²) in [5, 5.41) is 12.4. The molecule has 0 aliphatic rings. The van der Waals surface area contributed by atoms with Crippen LogP contribution in [0.3, 0.4) is 0 Å². The normalized spacial score (nSPS) is 11.3. The maximum atomic E-state index is 13.8. The fourth-order valence-electron chi connectivity index (χ4n) is 3.04. The van der Waals surface area contributed by atoms with Crippen molar-refractivity contribution < 1.29 is 13.3 Å². The molecule has 7 heteroatoms. The van der Waals surface area contributed by atoms with Gasteiger partial charge in [0.25, 0.3) is 5.89 Å². The molecule has 28 heavy (non-hydrogen) atoms. The summed E-state index contributed by atoms with van der Waals surface area (Å²) in [4.78, 5) is 1.91. The molecule has 0 bridgehead atoms. The van der Waals surface area contributed by atoms with Gasteiger partial charge in [-0.15, -0.1) is 10.2 Å². The Morgan fingerprint density at radius 2 is 1.71 bits per heavy atom. The summed E-state index contributed by atoms with van der Waals surface area (Å²) in [6.07, 6.45) is 0. The summed E-state index contributed by atoms with van der Waals surface area (Å²) in [5.41, 5.74) is 2.87. The van der Waals surface area contributed by atoms with E-state index in [-0.39, 0.29) is 5.82 Å². The van der Waals surface area contributed by atoms with Gasteiger partial charge >= 0.3 is 0 Å². The first-order valence-electron chi connectivity index (χ1n) is 8.88. The third-order valence-corrected chi connectivity index (χ3v) is 4.39. The van der Waals surface area contributed by atoms with Gasteiger partial charge in [-0.05, 0) is 20.0 Å². The summed E-state index contributed by atoms with van der Waals surface area (Å²) in [6.45, 7) is 2.64. The highest BCUT2D eigenvalue weighted by atomic mass is 19.1. The van der Waals surface area contributed by atoms with Crippen LogP contribution in [-0.2, 0) is 13.1 Å². The van der Waals surface area contributed by atoms with Crippen molar-refractivity contribution in [1.29, 1.82) is 0 Å². The zero-order valence-electron chi connectivity index (χ0n) is 15.6. The molecule has 0 fully saturated rings. The molecular formula is C21H19FN4O2. The SMILES string of the molecule is Cc1onc(-c2ccccc2)c1-c1nnc(CN(C)Cc2ccccc2F)o1. The van der Waals surface area contributed by atoms with Crippen molar-refractivity contribution in [3.63, 3.8) is 0 Å². The number of hydrogen-bond acceptors (Lipinski definition) is 6. The predicted molar refractivity (Wildman–Crippen MR) is 102 cm³/mol. The van der Waals surface area contributed by atoms with Crippen molar-refractivity contribution in [2.24, 2.45) is 0 Å². The van der Waals surface area contributed by atoms with Crippen molar-refractivity contribution in [1.82, 2.24) is 20.3 Å². The molecule has 2 aromatic heterocycles. The molecule has 0 N–H and O–H groups in total. The lowest BCUT2D eigenvalue weighted by Gasteiger charge is -2.14. The summed E-state index contributed by atoms with van der Waals surface area (Å²) in [7, 11) is 1.87. The molecular weight excluding hydrogens is 359 g/mol. The minimum atomic E-state index is -0.229. The first-order chi connectivity index (χ1) is 13.6. The van der Waals surface area contributed by atoms with Crippen LogP contribution in [0, 0.1) is 12.7 Å². The number of benzene rings is 2. The van der Waals surface area contributed by atoms with Crippen molar-refractivity contribution in [2.45, 2.75) is 20.0 Å². The second-order valence-electron chi connectivity index (χ2n) is 6.59. The summed E-state index contributed by atoms with van der Waals surface area (Å²) < 4.78 is 25.0. The van der Waals surface area contributed by atoms with E-state index in [9.17, 15) is 4.39 Å². The van der Waals surface area contributed by atoms with Crippen LogP contribution in [0.25, 0.3) is 22.7 Å². The van der Waals surface area contributed by atoms with Crippen molar-refractivity contribution in [3.8, 4) is 22.7 Å². The number of nitrogens with zero attached hydrogens (tertiary/aromatic N) is 4. The van der Waals surface area contributed by atoms with Crippen LogP contribution in [0.1, 0.15) is 17.2 Å². The Morgan fingerprint density at radius 3 is 2.50 bits per heavy atom. The van der Waals surface area contributed by atoms with Gasteiger partial charge in [-0.2, -0.15) is 0 Å². The first kappa shape index (κ1) is 18.1. The molecule has 0 atom stereocenters. The van der Waals surface area contributed by atoms with Crippen LogP contribution in [0.2, 0.25) is 0 Å². The van der Waals surface area contributed by atoms with E-state index in [1.165, 1.54) is 6.07 Å². The molecule has 4 rings (SSSR count). The van der Waals surface area contributed by atoms with E-state index in [1.807, 2.05) is 55.3 Å². The largest absolute Gasteiger partial charge is 0.419 e. The Morgan fingerprint density at radius 1 is 0.964 bits per heavy atom. The Balaban J connectivity index is 1.54. The number of rotatable bonds is 6. The van der Waals surface area contributed by atoms with Crippen LogP contribution in [-0.4, -0.2) is 27.3 Å². The molecule has 0 unspecified atom stereocenters. The van der Waals surface area contributed by atoms with Crippen LogP contribution in [0.15, 0.2) is 63.5 Å². The van der Waals surface area contributed by atoms with Gasteiger partial charge in [0.2, 0.25) is 5.89 Å². The van der Waals surface area contributed by atoms with Crippen molar-refractivity contribution in [2.75, 3.05) is 7.05 Å². The van der Waals surface area contributed by atoms with E-state index < -0.39 is 0 Å². The molecule has 4 aromatic rings. The van der Waals surface area contributed by atoms with Crippen LogP contribution >= 0.6 is 0 Å². The summed E-state index contributed by atoms with van der Waals surface area (Å²) in [6, 6.07) is 16.4. The Labute approximate surface area is 161 Å². The van der Waals surface area contributed by atoms with Gasteiger partial charge < -0.3 is 8.94 Å². The molecule has 142 valence electrons. The topological polar surface area (TPSA) is 68.2 Å². The van der Waals surface area contributed by atoms with Gasteiger partial charge in [0.05, 0.1) is 6.54 Å². The second-order valence-corrected chi connectivity index (χ2v) is 6.59. The number of hydrogen-bond donors (Lipinski definition) is 0. The van der Waals surface area contributed by atoms with E-state index >= 15 is 0 Å². The molecule has 0 spiro atoms. The minimum Gasteiger partial charge on any atom is -0.419 e. The Hall–Kier alpha value is -3.32. The molecule has 2 heterocycles. The maximum Gasteiger partial charge on any atom is 0.253 e. The van der Waals surface area contributed by atoms with Gasteiger partial charge in [0.15, 0.2) is 0 Å². The highest BCUT2D eigenvalue weighted by molar-refractivity contribution is 5.77. The predicted octanol–water partition coefficient (Wildman–Crippen LogP) is 4.47. The monoisotopic (exact) mass is 378 g/mol. The lowest BCUT2D eigenvalue weighted by atomic mass is 10.1. The van der Waals surface area contributed by atoms with Gasteiger partial charge in [0.1, 0.15) is 22.8 Å². The third-order valence-electron chi connectivity index (χ3n) is 4.39. The maximum absolute atomic E-state index is 13.8. The lowest BCUT2D eigenvalue weighted by molar-refractivity contribution is 0.279. The van der Waals surface area contributed by atoms with E-state index in [4.69, 9.17) is 8.94 Å². The second kappa shape index (κ2) is 7.74. The molecule has 0 saturated carbocycles. The van der Waals surface area contributed by atoms with E-state index in [0.29, 0.717) is 47.5 Å². The van der Waals surface area contributed by atoms with Gasteiger partial charge in [0, 0.05) is 17.7 Å². The highest BCUT2D eigenvalue weighted by Gasteiger charge is 2.22. The summed E-state index contributed by atoms with van der Waals surface area (Å²) >= 11 is 0. The Kier molecular flexibility index (Phi) is 4.99. The molecule has 0 saturated heterocycles. The zero-order chi connectivity index (χ0) is 19.5. The van der Waals surface area contributed by atoms with E-state index in [2.05, 4.69) is 15.4 Å². The van der Waals surface area contributed by atoms with Gasteiger partial charge in [-0.25, -0.2) is 4.39 Å². The van der Waals surface area contributed by atoms with Gasteiger partial charge in [-0.1, -0.05) is 53.7 Å². The molecule has 0 aliphatic heterocycles. The molecule has 0 amide bonds.